The van der Waals surface area contributed by atoms with Crippen LogP contribution in [-0.4, -0.2) is 34.9 Å². The Morgan fingerprint density at radius 3 is 2.81 bits per heavy atom. The summed E-state index contributed by atoms with van der Waals surface area (Å²) in [6.07, 6.45) is 5.00. The zero-order chi connectivity index (χ0) is 23.0. The molecule has 4 rings (SSSR count). The van der Waals surface area contributed by atoms with Gasteiger partial charge in [-0.2, -0.15) is 5.10 Å². The average Bonchev–Trinajstić information content (AvgIpc) is 3.18. The molecule has 2 N–H and O–H groups in total. The van der Waals surface area contributed by atoms with Crippen LogP contribution in [0.3, 0.4) is 0 Å². The topological polar surface area (TPSA) is 136 Å². The van der Waals surface area contributed by atoms with Crippen molar-refractivity contribution in [1.82, 2.24) is 5.43 Å². The minimum Gasteiger partial charge on any atom is -0.500 e. The summed E-state index contributed by atoms with van der Waals surface area (Å²) in [4.78, 5) is 22.8. The fraction of sp³-hybridized carbons (Fsp3) is 0.182. The number of hydrazone groups is 1. The predicted molar refractivity (Wildman–Crippen MR) is 116 cm³/mol. The van der Waals surface area contributed by atoms with Crippen molar-refractivity contribution in [3.63, 3.8) is 0 Å². The maximum atomic E-state index is 12.5. The molecule has 0 fully saturated rings. The second kappa shape index (κ2) is 7.73. The normalized spacial score (nSPS) is 14.2. The van der Waals surface area contributed by atoms with Crippen molar-refractivity contribution in [3.8, 4) is 17.2 Å². The minimum absolute atomic E-state index is 0.0399. The number of nitro benzene ring substituents is 1. The zero-order valence-corrected chi connectivity index (χ0v) is 17.4. The van der Waals surface area contributed by atoms with Gasteiger partial charge >= 0.3 is 11.6 Å². The van der Waals surface area contributed by atoms with E-state index >= 15 is 0 Å². The summed E-state index contributed by atoms with van der Waals surface area (Å²) >= 11 is 0. The first-order valence-electron chi connectivity index (χ1n) is 9.52. The maximum absolute atomic E-state index is 12.5. The molecule has 10 nitrogen and oxygen atoms in total. The van der Waals surface area contributed by atoms with E-state index in [0.29, 0.717) is 11.3 Å². The molecule has 32 heavy (non-hydrogen) atoms. The number of nitrogens with zero attached hydrogens (tertiary/aromatic N) is 2. The van der Waals surface area contributed by atoms with Crippen molar-refractivity contribution in [3.05, 3.63) is 63.4 Å². The van der Waals surface area contributed by atoms with Crippen LogP contribution in [0, 0.1) is 10.1 Å². The molecule has 0 atom stereocenters. The van der Waals surface area contributed by atoms with Crippen LogP contribution in [0.1, 0.15) is 35.5 Å². The van der Waals surface area contributed by atoms with Gasteiger partial charge in [0.1, 0.15) is 16.9 Å². The van der Waals surface area contributed by atoms with Crippen molar-refractivity contribution in [2.45, 2.75) is 19.4 Å². The van der Waals surface area contributed by atoms with Gasteiger partial charge in [0.25, 0.3) is 0 Å². The number of aromatic hydroxyl groups is 1. The molecule has 1 aromatic heterocycles. The Morgan fingerprint density at radius 1 is 1.31 bits per heavy atom. The molecule has 2 heterocycles. The maximum Gasteiger partial charge on any atom is 0.315 e. The SMILES string of the molecule is COc1cc(/C=N/NC(=O)c2cc3ccc4c(c3o2)C=CC(C)(C)O4)cc([N+](=O)[O-])c1O. The summed E-state index contributed by atoms with van der Waals surface area (Å²) in [5, 5.41) is 25.4. The van der Waals surface area contributed by atoms with Crippen LogP contribution in [0.15, 0.2) is 45.9 Å². The Hall–Kier alpha value is -4.34. The van der Waals surface area contributed by atoms with Crippen LogP contribution >= 0.6 is 0 Å². The van der Waals surface area contributed by atoms with Crippen molar-refractivity contribution < 1.29 is 28.7 Å². The predicted octanol–water partition coefficient (Wildman–Crippen LogP) is 4.00. The smallest absolute Gasteiger partial charge is 0.315 e. The minimum atomic E-state index is -0.748. The first-order valence-corrected chi connectivity index (χ1v) is 9.52. The first kappa shape index (κ1) is 20.9. The number of rotatable bonds is 5. The molecular formula is C22H19N3O7. The van der Waals surface area contributed by atoms with Gasteiger partial charge in [-0.1, -0.05) is 0 Å². The lowest BCUT2D eigenvalue weighted by molar-refractivity contribution is -0.386. The Morgan fingerprint density at radius 2 is 2.09 bits per heavy atom. The van der Waals surface area contributed by atoms with Gasteiger partial charge in [0, 0.05) is 17.0 Å². The molecule has 2 aromatic carbocycles. The molecule has 0 saturated heterocycles. The number of nitro groups is 1. The van der Waals surface area contributed by atoms with Gasteiger partial charge in [-0.15, -0.1) is 0 Å². The number of fused-ring (bicyclic) bond motifs is 3. The quantitative estimate of drug-likeness (QED) is 0.350. The van der Waals surface area contributed by atoms with E-state index in [1.165, 1.54) is 19.4 Å². The number of carbonyl (C=O) groups is 1. The molecular weight excluding hydrogens is 418 g/mol. The second-order valence-corrected chi connectivity index (χ2v) is 7.59. The number of nitrogens with one attached hydrogen (secondary N) is 1. The number of phenols is 1. The molecule has 0 spiro atoms. The molecule has 1 amide bonds. The Balaban J connectivity index is 1.56. The van der Waals surface area contributed by atoms with Gasteiger partial charge < -0.3 is 19.0 Å². The standard InChI is InChI=1S/C22H19N3O7/c1-22(2)7-6-14-16(32-22)5-4-13-10-18(31-20(13)14)21(27)24-23-11-12-8-15(25(28)29)19(26)17(9-12)30-3/h4-11,26H,1-3H3,(H,24,27)/b23-11+. The summed E-state index contributed by atoms with van der Waals surface area (Å²) in [7, 11) is 1.27. The highest BCUT2D eigenvalue weighted by Crippen LogP contribution is 2.38. The lowest BCUT2D eigenvalue weighted by Gasteiger charge is -2.27. The van der Waals surface area contributed by atoms with Gasteiger partial charge in [0.05, 0.1) is 23.8 Å². The summed E-state index contributed by atoms with van der Waals surface area (Å²) in [5.74, 6) is -0.587. The number of hydrogen-bond donors (Lipinski definition) is 2. The lowest BCUT2D eigenvalue weighted by Crippen LogP contribution is -2.27. The third kappa shape index (κ3) is 3.85. The molecule has 0 bridgehead atoms. The van der Waals surface area contributed by atoms with Gasteiger partial charge in [-0.25, -0.2) is 5.43 Å². The van der Waals surface area contributed by atoms with Gasteiger partial charge in [0.2, 0.25) is 5.75 Å². The Labute approximate surface area is 181 Å². The average molecular weight is 437 g/mol. The summed E-state index contributed by atoms with van der Waals surface area (Å²) in [6.45, 7) is 3.88. The van der Waals surface area contributed by atoms with E-state index in [4.69, 9.17) is 13.9 Å². The molecule has 3 aromatic rings. The van der Waals surface area contributed by atoms with E-state index in [2.05, 4.69) is 10.5 Å². The van der Waals surface area contributed by atoms with Crippen LogP contribution in [0.5, 0.6) is 17.2 Å². The Bertz CT molecular complexity index is 1300. The van der Waals surface area contributed by atoms with Crippen molar-refractivity contribution >= 4 is 34.9 Å². The monoisotopic (exact) mass is 437 g/mol. The molecule has 1 aliphatic rings. The first-order chi connectivity index (χ1) is 15.2. The largest absolute Gasteiger partial charge is 0.500 e. The number of methoxy groups -OCH3 is 1. The molecule has 0 radical (unpaired) electrons. The van der Waals surface area contributed by atoms with Gasteiger partial charge in [0.15, 0.2) is 11.5 Å². The summed E-state index contributed by atoms with van der Waals surface area (Å²) in [6, 6.07) is 7.66. The lowest BCUT2D eigenvalue weighted by atomic mass is 10.0. The fourth-order valence-corrected chi connectivity index (χ4v) is 3.27. The van der Waals surface area contributed by atoms with Crippen LogP contribution in [-0.2, 0) is 0 Å². The Kier molecular flexibility index (Phi) is 5.05. The highest BCUT2D eigenvalue weighted by molar-refractivity contribution is 5.99. The number of benzene rings is 2. The van der Waals surface area contributed by atoms with Crippen LogP contribution in [0.2, 0.25) is 0 Å². The molecule has 10 heteroatoms. The summed E-state index contributed by atoms with van der Waals surface area (Å²) < 4.78 is 16.6. The van der Waals surface area contributed by atoms with E-state index < -0.39 is 27.9 Å². The van der Waals surface area contributed by atoms with E-state index in [9.17, 15) is 20.0 Å². The van der Waals surface area contributed by atoms with Crippen molar-refractivity contribution in [2.75, 3.05) is 7.11 Å². The van der Waals surface area contributed by atoms with E-state index in [1.807, 2.05) is 32.1 Å². The zero-order valence-electron chi connectivity index (χ0n) is 17.4. The number of carbonyl (C=O) groups excluding carboxylic acids is 1. The van der Waals surface area contributed by atoms with Crippen LogP contribution in [0.25, 0.3) is 17.0 Å². The third-order valence-corrected chi connectivity index (χ3v) is 4.81. The van der Waals surface area contributed by atoms with Crippen LogP contribution in [0.4, 0.5) is 5.69 Å². The van der Waals surface area contributed by atoms with Gasteiger partial charge in [-0.3, -0.25) is 14.9 Å². The van der Waals surface area contributed by atoms with Gasteiger partial charge in [-0.05, 0) is 50.3 Å². The van der Waals surface area contributed by atoms with Crippen molar-refractivity contribution in [2.24, 2.45) is 5.10 Å². The molecule has 1 aliphatic heterocycles. The highest BCUT2D eigenvalue weighted by Gasteiger charge is 2.25. The fourth-order valence-electron chi connectivity index (χ4n) is 3.27. The molecule has 0 saturated carbocycles. The molecule has 0 unspecified atom stereocenters. The number of furan rings is 1. The van der Waals surface area contributed by atoms with Crippen LogP contribution < -0.4 is 14.9 Å². The highest BCUT2D eigenvalue weighted by atomic mass is 16.6. The second-order valence-electron chi connectivity index (χ2n) is 7.59. The summed E-state index contributed by atoms with van der Waals surface area (Å²) in [5.41, 5.74) is 2.84. The molecule has 164 valence electrons. The number of ether oxygens (including phenoxy) is 2. The number of phenolic OH excluding ortho intramolecular Hbond substituents is 1. The van der Waals surface area contributed by atoms with E-state index in [1.54, 1.807) is 12.1 Å². The van der Waals surface area contributed by atoms with E-state index in [-0.39, 0.29) is 17.1 Å². The molecule has 0 aliphatic carbocycles. The van der Waals surface area contributed by atoms with E-state index in [0.717, 1.165) is 17.0 Å². The number of hydrogen-bond acceptors (Lipinski definition) is 8. The third-order valence-electron chi connectivity index (χ3n) is 4.81. The van der Waals surface area contributed by atoms with Crippen molar-refractivity contribution in [1.29, 1.82) is 0 Å². The number of amides is 1.